The van der Waals surface area contributed by atoms with E-state index in [0.717, 1.165) is 29.7 Å². The van der Waals surface area contributed by atoms with E-state index in [1.165, 1.54) is 0 Å². The number of amides is 4. The van der Waals surface area contributed by atoms with Gasteiger partial charge in [0.05, 0.1) is 31.4 Å². The molecule has 10 nitrogen and oxygen atoms in total. The van der Waals surface area contributed by atoms with Gasteiger partial charge in [0, 0.05) is 67.4 Å². The average Bonchev–Trinajstić information content (AvgIpc) is 3.87. The lowest BCUT2D eigenvalue weighted by atomic mass is 9.82. The molecular formula is C40H47FN4O6Si. The quantitative estimate of drug-likeness (QED) is 0.202. The highest BCUT2D eigenvalue weighted by Gasteiger charge is 2.67. The molecule has 12 heteroatoms. The molecule has 4 aliphatic rings. The zero-order chi connectivity index (χ0) is 36.8. The van der Waals surface area contributed by atoms with Crippen molar-refractivity contribution in [2.24, 2.45) is 5.92 Å². The van der Waals surface area contributed by atoms with Crippen LogP contribution in [0.15, 0.2) is 72.8 Å². The van der Waals surface area contributed by atoms with Crippen LogP contribution in [0.1, 0.15) is 55.7 Å². The number of rotatable bonds is 11. The SMILES string of the molecule is C[C@@H]1[C@@H]([Si](C)(C)F)[C@H](CC(=O)N(CCO)Cc2ccccc2)O[C@@]12C(=O)N(Cc1ccc(N3CCCC3=O)cc1)c1ccc(N3CCCC3=O)cc12. The van der Waals surface area contributed by atoms with Crippen LogP contribution in [0.3, 0.4) is 0 Å². The van der Waals surface area contributed by atoms with Crippen LogP contribution >= 0.6 is 0 Å². The Bertz CT molecular complexity index is 1850. The molecule has 3 aromatic rings. The first-order valence-corrected chi connectivity index (χ1v) is 21.3. The topological polar surface area (TPSA) is 111 Å². The molecule has 3 aromatic carbocycles. The molecule has 3 fully saturated rings. The fraction of sp³-hybridized carbons (Fsp3) is 0.450. The summed E-state index contributed by atoms with van der Waals surface area (Å²) in [5.41, 5.74) is 2.15. The largest absolute Gasteiger partial charge is 0.395 e. The molecule has 0 aromatic heterocycles. The predicted molar refractivity (Wildman–Crippen MR) is 199 cm³/mol. The van der Waals surface area contributed by atoms with Crippen molar-refractivity contribution < 1.29 is 33.1 Å². The molecule has 7 rings (SSSR count). The molecule has 1 N–H and O–H groups in total. The Labute approximate surface area is 305 Å². The number of halogens is 1. The van der Waals surface area contributed by atoms with Gasteiger partial charge >= 0.3 is 0 Å². The van der Waals surface area contributed by atoms with Crippen molar-refractivity contribution in [3.05, 3.63) is 89.5 Å². The number of hydrogen-bond acceptors (Lipinski definition) is 6. The molecule has 3 saturated heterocycles. The van der Waals surface area contributed by atoms with Crippen molar-refractivity contribution in [2.45, 2.75) is 82.5 Å². The van der Waals surface area contributed by atoms with Crippen LogP contribution in [0, 0.1) is 5.92 Å². The number of carbonyl (C=O) groups is 4. The molecule has 1 spiro atoms. The van der Waals surface area contributed by atoms with E-state index < -0.39 is 31.6 Å². The maximum Gasteiger partial charge on any atom is 0.264 e. The van der Waals surface area contributed by atoms with E-state index >= 15 is 8.90 Å². The summed E-state index contributed by atoms with van der Waals surface area (Å²) in [4.78, 5) is 61.0. The summed E-state index contributed by atoms with van der Waals surface area (Å²) in [7, 11) is -3.57. The number of carbonyl (C=O) groups excluding carboxylic acids is 4. The van der Waals surface area contributed by atoms with Gasteiger partial charge in [-0.3, -0.25) is 19.2 Å². The van der Waals surface area contributed by atoms with Crippen molar-refractivity contribution in [3.63, 3.8) is 0 Å². The van der Waals surface area contributed by atoms with Crippen LogP contribution in [0.25, 0.3) is 0 Å². The number of aliphatic hydroxyl groups is 1. The summed E-state index contributed by atoms with van der Waals surface area (Å²) in [6.45, 7) is 6.69. The Hall–Kier alpha value is -4.39. The van der Waals surface area contributed by atoms with Crippen molar-refractivity contribution in [1.82, 2.24) is 4.90 Å². The predicted octanol–water partition coefficient (Wildman–Crippen LogP) is 5.67. The van der Waals surface area contributed by atoms with Crippen molar-refractivity contribution in [3.8, 4) is 0 Å². The highest BCUT2D eigenvalue weighted by atomic mass is 28.4. The molecule has 0 aliphatic carbocycles. The van der Waals surface area contributed by atoms with E-state index in [-0.39, 0.29) is 56.3 Å². The average molecular weight is 727 g/mol. The number of aliphatic hydroxyl groups excluding tert-OH is 1. The first-order chi connectivity index (χ1) is 24.9. The third-order valence-electron chi connectivity index (χ3n) is 11.3. The second-order valence-corrected chi connectivity index (χ2v) is 18.9. The molecule has 274 valence electrons. The lowest BCUT2D eigenvalue weighted by molar-refractivity contribution is -0.150. The summed E-state index contributed by atoms with van der Waals surface area (Å²) < 4.78 is 23.5. The molecule has 0 unspecified atom stereocenters. The Morgan fingerprint density at radius 2 is 1.56 bits per heavy atom. The Balaban J connectivity index is 1.24. The van der Waals surface area contributed by atoms with Gasteiger partial charge in [-0.1, -0.05) is 49.4 Å². The van der Waals surface area contributed by atoms with Gasteiger partial charge in [0.25, 0.3) is 5.91 Å². The van der Waals surface area contributed by atoms with Gasteiger partial charge in [-0.25, -0.2) is 0 Å². The molecule has 0 saturated carbocycles. The highest BCUT2D eigenvalue weighted by molar-refractivity contribution is 6.72. The second kappa shape index (κ2) is 14.2. The van der Waals surface area contributed by atoms with E-state index in [1.807, 2.05) is 79.7 Å². The molecule has 4 heterocycles. The van der Waals surface area contributed by atoms with Crippen LogP contribution < -0.4 is 14.7 Å². The maximum absolute atomic E-state index is 16.6. The van der Waals surface area contributed by atoms with E-state index in [9.17, 15) is 19.5 Å². The minimum Gasteiger partial charge on any atom is -0.395 e. The molecule has 4 atom stereocenters. The van der Waals surface area contributed by atoms with Crippen LogP contribution in [-0.2, 0) is 42.6 Å². The number of hydrogen-bond donors (Lipinski definition) is 1. The fourth-order valence-corrected chi connectivity index (χ4v) is 11.4. The molecule has 52 heavy (non-hydrogen) atoms. The number of benzene rings is 3. The molecule has 0 radical (unpaired) electrons. The third kappa shape index (κ3) is 6.45. The lowest BCUT2D eigenvalue weighted by Crippen LogP contribution is -2.45. The summed E-state index contributed by atoms with van der Waals surface area (Å²) in [5.74, 6) is -1.13. The number of ether oxygens (including phenoxy) is 1. The van der Waals surface area contributed by atoms with Crippen LogP contribution in [0.2, 0.25) is 18.6 Å². The Kier molecular flexibility index (Phi) is 9.83. The van der Waals surface area contributed by atoms with Gasteiger partial charge in [-0.15, -0.1) is 0 Å². The normalized spacial score (nSPS) is 24.4. The minimum absolute atomic E-state index is 0.00758. The Morgan fingerprint density at radius 1 is 0.923 bits per heavy atom. The van der Waals surface area contributed by atoms with Crippen molar-refractivity contribution in [2.75, 3.05) is 40.9 Å². The molecule has 4 amide bonds. The summed E-state index contributed by atoms with van der Waals surface area (Å²) in [6, 6.07) is 22.7. The zero-order valence-electron chi connectivity index (χ0n) is 30.1. The second-order valence-electron chi connectivity index (χ2n) is 15.1. The lowest BCUT2D eigenvalue weighted by Gasteiger charge is -2.31. The van der Waals surface area contributed by atoms with E-state index in [2.05, 4.69) is 0 Å². The van der Waals surface area contributed by atoms with E-state index in [0.29, 0.717) is 42.9 Å². The number of fused-ring (bicyclic) bond motifs is 2. The van der Waals surface area contributed by atoms with Gasteiger partial charge < -0.3 is 33.6 Å². The standard InChI is InChI=1S/C40H47FN4O6Si/c1-27-38(52(2,3)41)34(24-37(49)42(21-22-46)25-28-9-5-4-6-10-28)51-40(27)32-23-31(44-20-8-12-36(44)48)17-18-33(32)45(39(40)50)26-29-13-15-30(16-14-29)43-19-7-11-35(43)47/h4-6,9-10,13-18,23,27,34,38,46H,7-8,11-12,19-22,24-26H2,1-3H3/t27-,34+,38-,40+/m1/s1. The smallest absolute Gasteiger partial charge is 0.264 e. The summed E-state index contributed by atoms with van der Waals surface area (Å²) in [6.07, 6.45) is 1.50. The number of nitrogens with zero attached hydrogens (tertiary/aromatic N) is 4. The van der Waals surface area contributed by atoms with Gasteiger partial charge in [-0.2, -0.15) is 0 Å². The first kappa shape index (κ1) is 36.0. The van der Waals surface area contributed by atoms with E-state index in [4.69, 9.17) is 4.74 Å². The molecule has 4 aliphatic heterocycles. The van der Waals surface area contributed by atoms with Crippen LogP contribution in [0.4, 0.5) is 21.2 Å². The van der Waals surface area contributed by atoms with Gasteiger partial charge in [0.1, 0.15) is 0 Å². The van der Waals surface area contributed by atoms with Crippen LogP contribution in [-0.4, -0.2) is 74.4 Å². The van der Waals surface area contributed by atoms with Gasteiger partial charge in [-0.05, 0) is 67.4 Å². The first-order valence-electron chi connectivity index (χ1n) is 18.4. The zero-order valence-corrected chi connectivity index (χ0v) is 31.1. The summed E-state index contributed by atoms with van der Waals surface area (Å²) in [5, 5.41) is 9.85. The highest BCUT2D eigenvalue weighted by Crippen LogP contribution is 2.61. The van der Waals surface area contributed by atoms with Gasteiger partial charge in [0.15, 0.2) is 5.60 Å². The third-order valence-corrected chi connectivity index (χ3v) is 13.8. The maximum atomic E-state index is 16.6. The fourth-order valence-electron chi connectivity index (χ4n) is 8.88. The summed E-state index contributed by atoms with van der Waals surface area (Å²) >= 11 is 0. The van der Waals surface area contributed by atoms with Crippen molar-refractivity contribution >= 4 is 49.1 Å². The number of anilines is 3. The minimum atomic E-state index is -3.57. The Morgan fingerprint density at radius 3 is 2.15 bits per heavy atom. The monoisotopic (exact) mass is 726 g/mol. The molecule has 0 bridgehead atoms. The van der Waals surface area contributed by atoms with Gasteiger partial charge in [0.2, 0.25) is 26.1 Å². The molecular weight excluding hydrogens is 680 g/mol. The van der Waals surface area contributed by atoms with E-state index in [1.54, 1.807) is 32.7 Å². The van der Waals surface area contributed by atoms with Crippen LogP contribution in [0.5, 0.6) is 0 Å². The van der Waals surface area contributed by atoms with Crippen molar-refractivity contribution in [1.29, 1.82) is 0 Å².